The van der Waals surface area contributed by atoms with Gasteiger partial charge in [0, 0.05) is 32.7 Å². The second-order valence-corrected chi connectivity index (χ2v) is 10.3. The summed E-state index contributed by atoms with van der Waals surface area (Å²) in [7, 11) is 0. The number of piperazine rings is 1. The number of halogens is 7. The molecule has 224 valence electrons. The first-order chi connectivity index (χ1) is 20.0. The molecule has 0 amide bonds. The van der Waals surface area contributed by atoms with E-state index in [1.807, 2.05) is 24.3 Å². The van der Waals surface area contributed by atoms with Crippen molar-refractivity contribution < 1.29 is 30.7 Å². The van der Waals surface area contributed by atoms with E-state index in [4.69, 9.17) is 0 Å². The lowest BCUT2D eigenvalue weighted by atomic mass is 9.94. The molecule has 2 aliphatic heterocycles. The van der Waals surface area contributed by atoms with Gasteiger partial charge in [-0.25, -0.2) is 9.40 Å². The van der Waals surface area contributed by atoms with Gasteiger partial charge in [-0.3, -0.25) is 14.8 Å². The molecule has 42 heavy (non-hydrogen) atoms. The highest BCUT2D eigenvalue weighted by molar-refractivity contribution is 5.47. The predicted octanol–water partition coefficient (Wildman–Crippen LogP) is 6.96. The van der Waals surface area contributed by atoms with Crippen molar-refractivity contribution >= 4 is 5.69 Å². The van der Waals surface area contributed by atoms with Crippen molar-refractivity contribution in [1.82, 2.24) is 14.8 Å². The van der Waals surface area contributed by atoms with E-state index in [1.54, 1.807) is 5.01 Å². The molecule has 0 unspecified atom stereocenters. The first kappa shape index (κ1) is 29.8. The van der Waals surface area contributed by atoms with E-state index in [-0.39, 0.29) is 6.54 Å². The molecule has 0 N–H and O–H groups in total. The van der Waals surface area contributed by atoms with E-state index in [1.165, 1.54) is 29.3 Å². The maximum atomic E-state index is 13.2. The van der Waals surface area contributed by atoms with Crippen LogP contribution in [0.15, 0.2) is 83.2 Å². The number of hydrogen-bond donors (Lipinski definition) is 0. The fourth-order valence-electron chi connectivity index (χ4n) is 5.20. The molecule has 0 saturated carbocycles. The molecule has 0 bridgehead atoms. The summed E-state index contributed by atoms with van der Waals surface area (Å²) < 4.78 is 91.6. The predicted molar refractivity (Wildman–Crippen MR) is 143 cm³/mol. The molecule has 0 atom stereocenters. The van der Waals surface area contributed by atoms with Crippen LogP contribution in [0.1, 0.15) is 33.9 Å². The maximum Gasteiger partial charge on any atom is 0.416 e. The van der Waals surface area contributed by atoms with Gasteiger partial charge in [0.15, 0.2) is 0 Å². The second kappa shape index (κ2) is 12.3. The van der Waals surface area contributed by atoms with E-state index >= 15 is 0 Å². The lowest BCUT2D eigenvalue weighted by Gasteiger charge is -2.40. The smallest absolute Gasteiger partial charge is 0.297 e. The molecular weight excluding hydrogens is 565 g/mol. The zero-order valence-electron chi connectivity index (χ0n) is 22.5. The van der Waals surface area contributed by atoms with Crippen LogP contribution in [0.2, 0.25) is 0 Å². The summed E-state index contributed by atoms with van der Waals surface area (Å²) in [5, 5.41) is 11.2. The van der Waals surface area contributed by atoms with Gasteiger partial charge in [0.2, 0.25) is 0 Å². The van der Waals surface area contributed by atoms with Crippen LogP contribution in [0.25, 0.3) is 0 Å². The third-order valence-corrected chi connectivity index (χ3v) is 7.43. The molecular formula is C29H29F7N6. The van der Waals surface area contributed by atoms with Crippen molar-refractivity contribution in [3.05, 3.63) is 101 Å². The number of rotatable bonds is 8. The average Bonchev–Trinajstić information content (AvgIpc) is 3.43. The number of benzene rings is 3. The largest absolute Gasteiger partial charge is 0.416 e. The summed E-state index contributed by atoms with van der Waals surface area (Å²) in [6.45, 7) is 3.21. The van der Waals surface area contributed by atoms with E-state index < -0.39 is 36.2 Å². The van der Waals surface area contributed by atoms with Gasteiger partial charge in [-0.15, -0.1) is 0 Å². The van der Waals surface area contributed by atoms with Crippen LogP contribution in [0.5, 0.6) is 0 Å². The first-order valence-electron chi connectivity index (χ1n) is 13.4. The molecule has 0 spiro atoms. The Labute approximate surface area is 238 Å². The third-order valence-electron chi connectivity index (χ3n) is 7.43. The van der Waals surface area contributed by atoms with Gasteiger partial charge in [-0.2, -0.15) is 26.3 Å². The van der Waals surface area contributed by atoms with Crippen molar-refractivity contribution in [3.63, 3.8) is 0 Å². The summed E-state index contributed by atoms with van der Waals surface area (Å²) >= 11 is 0. The third kappa shape index (κ3) is 7.01. The normalized spacial score (nSPS) is 17.0. The van der Waals surface area contributed by atoms with Crippen molar-refractivity contribution in [3.8, 4) is 0 Å². The second-order valence-electron chi connectivity index (χ2n) is 10.3. The quantitative estimate of drug-likeness (QED) is 0.264. The summed E-state index contributed by atoms with van der Waals surface area (Å²) in [4.78, 5) is 4.34. The van der Waals surface area contributed by atoms with E-state index in [2.05, 4.69) is 20.2 Å². The Morgan fingerprint density at radius 3 is 1.67 bits per heavy atom. The number of hydrogen-bond acceptors (Lipinski definition) is 6. The lowest BCUT2D eigenvalue weighted by molar-refractivity contribution is -0.138. The van der Waals surface area contributed by atoms with E-state index in [0.29, 0.717) is 50.5 Å². The fraction of sp³-hybridized carbons (Fsp3) is 0.379. The molecule has 2 aliphatic rings. The topological polar surface area (TPSA) is 37.7 Å². The summed E-state index contributed by atoms with van der Waals surface area (Å²) in [6.07, 6.45) is -8.97. The van der Waals surface area contributed by atoms with Gasteiger partial charge in [-0.05, 0) is 58.3 Å². The number of alkyl halides is 7. The van der Waals surface area contributed by atoms with Crippen molar-refractivity contribution in [2.24, 2.45) is 10.4 Å². The van der Waals surface area contributed by atoms with Gasteiger partial charge in [-0.1, -0.05) is 41.6 Å². The lowest BCUT2D eigenvalue weighted by Crippen LogP contribution is -2.47. The van der Waals surface area contributed by atoms with Crippen LogP contribution < -0.4 is 5.01 Å². The SMILES string of the molecule is FCCN1CN(c2ccc(CN3CCN(C(c4ccc(C(F)(F)F)cc4)c4ccc(C(F)(F)F)cc4)CC3)cc2)N=N1. The maximum absolute atomic E-state index is 13.2. The Morgan fingerprint density at radius 1 is 0.667 bits per heavy atom. The molecule has 3 aromatic carbocycles. The molecule has 0 aliphatic carbocycles. The van der Waals surface area contributed by atoms with Crippen molar-refractivity contribution in [2.45, 2.75) is 24.9 Å². The van der Waals surface area contributed by atoms with Crippen LogP contribution in [-0.2, 0) is 18.9 Å². The Balaban J connectivity index is 1.26. The molecule has 1 saturated heterocycles. The molecule has 1 fully saturated rings. The summed E-state index contributed by atoms with van der Waals surface area (Å²) in [5.74, 6) is 0. The number of nitrogens with zero attached hydrogens (tertiary/aromatic N) is 6. The highest BCUT2D eigenvalue weighted by Gasteiger charge is 2.33. The first-order valence-corrected chi connectivity index (χ1v) is 13.4. The standard InChI is InChI=1S/C29H29F7N6/c30-13-14-41-20-42(38-37-41)26-11-1-21(2-12-26)19-39-15-17-40(18-16-39)27(22-3-7-24(8-4-22)28(31,32)33)23-5-9-25(10-6-23)29(34,35)36/h1-12,27H,13-20H2. The minimum absolute atomic E-state index is 0.183. The van der Waals surface area contributed by atoms with Gasteiger partial charge in [0.25, 0.3) is 0 Å². The fourth-order valence-corrected chi connectivity index (χ4v) is 5.20. The zero-order chi connectivity index (χ0) is 29.9. The number of anilines is 1. The van der Waals surface area contributed by atoms with Gasteiger partial charge in [0.1, 0.15) is 13.3 Å². The summed E-state index contributed by atoms with van der Waals surface area (Å²) in [5.41, 5.74) is 1.51. The molecule has 3 aromatic rings. The Hall–Kier alpha value is -3.71. The van der Waals surface area contributed by atoms with Crippen molar-refractivity contribution in [1.29, 1.82) is 0 Å². The monoisotopic (exact) mass is 594 g/mol. The van der Waals surface area contributed by atoms with Gasteiger partial charge >= 0.3 is 12.4 Å². The Morgan fingerprint density at radius 2 is 1.19 bits per heavy atom. The van der Waals surface area contributed by atoms with E-state index in [0.717, 1.165) is 35.5 Å². The minimum atomic E-state index is -4.49. The van der Waals surface area contributed by atoms with Crippen LogP contribution in [-0.4, -0.2) is 60.9 Å². The Bertz CT molecular complexity index is 1280. The summed E-state index contributed by atoms with van der Waals surface area (Å²) in [6, 6.07) is 17.0. The van der Waals surface area contributed by atoms with Crippen molar-refractivity contribution in [2.75, 3.05) is 51.1 Å². The van der Waals surface area contributed by atoms with E-state index in [9.17, 15) is 30.7 Å². The molecule has 0 radical (unpaired) electrons. The highest BCUT2D eigenvalue weighted by atomic mass is 19.4. The van der Waals surface area contributed by atoms with Gasteiger partial charge in [0.05, 0.1) is 29.4 Å². The van der Waals surface area contributed by atoms with Crippen LogP contribution in [0.3, 0.4) is 0 Å². The minimum Gasteiger partial charge on any atom is -0.297 e. The van der Waals surface area contributed by atoms with Crippen LogP contribution in [0, 0.1) is 0 Å². The highest BCUT2D eigenvalue weighted by Crippen LogP contribution is 2.36. The van der Waals surface area contributed by atoms with Crippen LogP contribution >= 0.6 is 0 Å². The average molecular weight is 595 g/mol. The molecule has 0 aromatic heterocycles. The molecule has 13 heteroatoms. The molecule has 6 nitrogen and oxygen atoms in total. The molecule has 5 rings (SSSR count). The zero-order valence-corrected chi connectivity index (χ0v) is 22.5. The Kier molecular flexibility index (Phi) is 8.69. The van der Waals surface area contributed by atoms with Crippen LogP contribution in [0.4, 0.5) is 36.4 Å². The van der Waals surface area contributed by atoms with Gasteiger partial charge < -0.3 is 0 Å². The molecule has 2 heterocycles.